The van der Waals surface area contributed by atoms with Gasteiger partial charge in [-0.1, -0.05) is 23.7 Å². The minimum atomic E-state index is -0.209. The summed E-state index contributed by atoms with van der Waals surface area (Å²) in [5.41, 5.74) is 2.76. The van der Waals surface area contributed by atoms with Gasteiger partial charge in [0.25, 0.3) is 5.78 Å². The summed E-state index contributed by atoms with van der Waals surface area (Å²) < 4.78 is 1.83. The highest BCUT2D eigenvalue weighted by Crippen LogP contribution is 2.11. The molecule has 0 saturated heterocycles. The molecule has 6 nitrogen and oxygen atoms in total. The van der Waals surface area contributed by atoms with E-state index in [0.29, 0.717) is 16.6 Å². The lowest BCUT2D eigenvalue weighted by Crippen LogP contribution is -2.22. The number of carbonyl (C=O) groups excluding carboxylic acids is 1. The number of hydrogen-bond acceptors (Lipinski definition) is 4. The van der Waals surface area contributed by atoms with E-state index in [1.54, 1.807) is 18.2 Å². The lowest BCUT2D eigenvalue weighted by molar-refractivity contribution is -0.116. The Balaban J connectivity index is 1.67. The first-order valence-electron chi connectivity index (χ1n) is 7.42. The van der Waals surface area contributed by atoms with Crippen LogP contribution in [0, 0.1) is 13.8 Å². The van der Waals surface area contributed by atoms with E-state index in [1.165, 1.54) is 6.08 Å². The van der Waals surface area contributed by atoms with Gasteiger partial charge in [0.15, 0.2) is 5.82 Å². The second kappa shape index (κ2) is 6.80. The molecule has 1 aromatic carbocycles. The maximum atomic E-state index is 12.0. The zero-order valence-corrected chi connectivity index (χ0v) is 14.1. The lowest BCUT2D eigenvalue weighted by Gasteiger charge is -2.04. The standard InChI is InChI=1S/C17H16ClN5O/c1-11-9-12(2)23-15(21-22-17(23)20-11)10-19-16(24)8-5-13-3-6-14(18)7-4-13/h3-9H,10H2,1-2H3,(H,19,24)/b8-5+. The maximum absolute atomic E-state index is 12.0. The highest BCUT2D eigenvalue weighted by Gasteiger charge is 2.09. The summed E-state index contributed by atoms with van der Waals surface area (Å²) in [5.74, 6) is 0.969. The van der Waals surface area contributed by atoms with Crippen molar-refractivity contribution < 1.29 is 4.79 Å². The molecule has 1 N–H and O–H groups in total. The summed E-state index contributed by atoms with van der Waals surface area (Å²) in [4.78, 5) is 16.3. The van der Waals surface area contributed by atoms with Crippen LogP contribution in [0.4, 0.5) is 0 Å². The first-order valence-corrected chi connectivity index (χ1v) is 7.80. The smallest absolute Gasteiger partial charge is 0.255 e. The van der Waals surface area contributed by atoms with Crippen molar-refractivity contribution >= 4 is 29.4 Å². The molecule has 0 saturated carbocycles. The van der Waals surface area contributed by atoms with Crippen molar-refractivity contribution in [3.05, 3.63) is 64.2 Å². The van der Waals surface area contributed by atoms with Gasteiger partial charge in [-0.2, -0.15) is 0 Å². The van der Waals surface area contributed by atoms with Crippen molar-refractivity contribution in [2.45, 2.75) is 20.4 Å². The Morgan fingerprint density at radius 1 is 1.25 bits per heavy atom. The molecule has 1 amide bonds. The molecule has 24 heavy (non-hydrogen) atoms. The van der Waals surface area contributed by atoms with Crippen LogP contribution in [-0.2, 0) is 11.3 Å². The molecule has 0 atom stereocenters. The molecule has 3 rings (SSSR count). The van der Waals surface area contributed by atoms with E-state index in [1.807, 2.05) is 36.4 Å². The Kier molecular flexibility index (Phi) is 4.57. The van der Waals surface area contributed by atoms with Crippen LogP contribution in [0.1, 0.15) is 22.8 Å². The molecule has 0 unspecified atom stereocenters. The highest BCUT2D eigenvalue weighted by atomic mass is 35.5. The van der Waals surface area contributed by atoms with Gasteiger partial charge in [-0.25, -0.2) is 4.98 Å². The predicted octanol–water partition coefficient (Wildman–Crippen LogP) is 2.72. The van der Waals surface area contributed by atoms with Crippen molar-refractivity contribution in [2.75, 3.05) is 0 Å². The molecule has 0 aliphatic heterocycles. The number of fused-ring (bicyclic) bond motifs is 1. The average molecular weight is 342 g/mol. The number of hydrogen-bond donors (Lipinski definition) is 1. The molecule has 0 radical (unpaired) electrons. The van der Waals surface area contributed by atoms with E-state index >= 15 is 0 Å². The second-order valence-corrected chi connectivity index (χ2v) is 5.83. The highest BCUT2D eigenvalue weighted by molar-refractivity contribution is 6.30. The number of benzene rings is 1. The summed E-state index contributed by atoms with van der Waals surface area (Å²) in [7, 11) is 0. The quantitative estimate of drug-likeness (QED) is 0.741. The van der Waals surface area contributed by atoms with Gasteiger partial charge in [0.2, 0.25) is 5.91 Å². The third-order valence-electron chi connectivity index (χ3n) is 3.48. The number of nitrogens with zero attached hydrogens (tertiary/aromatic N) is 4. The fourth-order valence-electron chi connectivity index (χ4n) is 2.38. The normalized spacial score (nSPS) is 11.3. The number of rotatable bonds is 4. The summed E-state index contributed by atoms with van der Waals surface area (Å²) in [5, 5.41) is 11.6. The van der Waals surface area contributed by atoms with Crippen LogP contribution in [0.3, 0.4) is 0 Å². The van der Waals surface area contributed by atoms with Crippen LogP contribution in [0.5, 0.6) is 0 Å². The lowest BCUT2D eigenvalue weighted by atomic mass is 10.2. The van der Waals surface area contributed by atoms with E-state index in [4.69, 9.17) is 11.6 Å². The fraction of sp³-hybridized carbons (Fsp3) is 0.176. The maximum Gasteiger partial charge on any atom is 0.255 e. The van der Waals surface area contributed by atoms with Gasteiger partial charge in [-0.3, -0.25) is 9.20 Å². The number of amides is 1. The molecule has 122 valence electrons. The van der Waals surface area contributed by atoms with E-state index in [2.05, 4.69) is 20.5 Å². The van der Waals surface area contributed by atoms with Crippen LogP contribution < -0.4 is 5.32 Å². The van der Waals surface area contributed by atoms with E-state index in [0.717, 1.165) is 17.0 Å². The Bertz CT molecular complexity index is 915. The number of aromatic nitrogens is 4. The van der Waals surface area contributed by atoms with Crippen molar-refractivity contribution in [2.24, 2.45) is 0 Å². The van der Waals surface area contributed by atoms with Gasteiger partial charge in [-0.15, -0.1) is 10.2 Å². The van der Waals surface area contributed by atoms with Gasteiger partial charge in [0.1, 0.15) is 0 Å². The van der Waals surface area contributed by atoms with Crippen molar-refractivity contribution in [3.8, 4) is 0 Å². The molecule has 2 heterocycles. The summed E-state index contributed by atoms with van der Waals surface area (Å²) in [6.45, 7) is 4.14. The van der Waals surface area contributed by atoms with Crippen LogP contribution >= 0.6 is 11.6 Å². The second-order valence-electron chi connectivity index (χ2n) is 5.39. The van der Waals surface area contributed by atoms with Crippen molar-refractivity contribution in [3.63, 3.8) is 0 Å². The largest absolute Gasteiger partial charge is 0.345 e. The zero-order chi connectivity index (χ0) is 17.1. The summed E-state index contributed by atoms with van der Waals surface area (Å²) in [6, 6.07) is 9.19. The number of nitrogens with one attached hydrogen (secondary N) is 1. The number of carbonyl (C=O) groups is 1. The molecule has 0 bridgehead atoms. The molecule has 2 aromatic heterocycles. The van der Waals surface area contributed by atoms with Gasteiger partial charge < -0.3 is 5.32 Å². The minimum Gasteiger partial charge on any atom is -0.345 e. The molecule has 0 aliphatic rings. The van der Waals surface area contributed by atoms with Gasteiger partial charge in [-0.05, 0) is 43.7 Å². The predicted molar refractivity (Wildman–Crippen MR) is 92.6 cm³/mol. The van der Waals surface area contributed by atoms with E-state index in [-0.39, 0.29) is 12.5 Å². The minimum absolute atomic E-state index is 0.209. The van der Waals surface area contributed by atoms with Crippen LogP contribution in [0.2, 0.25) is 5.02 Å². The Morgan fingerprint density at radius 3 is 2.75 bits per heavy atom. The van der Waals surface area contributed by atoms with E-state index in [9.17, 15) is 4.79 Å². The molecule has 7 heteroatoms. The Labute approximate surface area is 144 Å². The molecule has 3 aromatic rings. The van der Waals surface area contributed by atoms with Gasteiger partial charge >= 0.3 is 0 Å². The van der Waals surface area contributed by atoms with Crippen LogP contribution in [0.15, 0.2) is 36.4 Å². The van der Waals surface area contributed by atoms with E-state index < -0.39 is 0 Å². The summed E-state index contributed by atoms with van der Waals surface area (Å²) >= 11 is 5.83. The summed E-state index contributed by atoms with van der Waals surface area (Å²) in [6.07, 6.45) is 3.20. The Hall–Kier alpha value is -2.73. The molecular formula is C17H16ClN5O. The third-order valence-corrected chi connectivity index (χ3v) is 3.73. The SMILES string of the molecule is Cc1cc(C)n2c(CNC(=O)/C=C/c3ccc(Cl)cc3)nnc2n1. The monoisotopic (exact) mass is 341 g/mol. The topological polar surface area (TPSA) is 72.2 Å². The van der Waals surface area contributed by atoms with Crippen LogP contribution in [0.25, 0.3) is 11.9 Å². The first kappa shape index (κ1) is 16.1. The zero-order valence-electron chi connectivity index (χ0n) is 13.3. The molecule has 0 aliphatic carbocycles. The van der Waals surface area contributed by atoms with Crippen molar-refractivity contribution in [1.82, 2.24) is 24.9 Å². The molecule has 0 spiro atoms. The Morgan fingerprint density at radius 2 is 2.00 bits per heavy atom. The molecular weight excluding hydrogens is 326 g/mol. The van der Waals surface area contributed by atoms with Gasteiger partial charge in [0.05, 0.1) is 6.54 Å². The number of aryl methyl sites for hydroxylation is 2. The first-order chi connectivity index (χ1) is 11.5. The van der Waals surface area contributed by atoms with Crippen LogP contribution in [-0.4, -0.2) is 25.5 Å². The number of halogens is 1. The average Bonchev–Trinajstić information content (AvgIpc) is 2.95. The third kappa shape index (κ3) is 3.60. The van der Waals surface area contributed by atoms with Gasteiger partial charge in [0, 0.05) is 22.5 Å². The van der Waals surface area contributed by atoms with Crippen molar-refractivity contribution in [1.29, 1.82) is 0 Å². The fourth-order valence-corrected chi connectivity index (χ4v) is 2.51. The molecule has 0 fully saturated rings.